The third kappa shape index (κ3) is 3.12. The molecule has 0 bridgehead atoms. The van der Waals surface area contributed by atoms with Gasteiger partial charge in [-0.15, -0.1) is 0 Å². The van der Waals surface area contributed by atoms with Crippen molar-refractivity contribution in [2.45, 2.75) is 25.3 Å². The Morgan fingerprint density at radius 3 is 2.60 bits per heavy atom. The molecule has 0 atom stereocenters. The summed E-state index contributed by atoms with van der Waals surface area (Å²) in [6.07, 6.45) is 0. The van der Waals surface area contributed by atoms with E-state index in [1.54, 1.807) is 38.3 Å². The maximum Gasteiger partial charge on any atom is 0.419 e. The van der Waals surface area contributed by atoms with E-state index in [0.717, 1.165) is 5.56 Å². The van der Waals surface area contributed by atoms with Crippen LogP contribution in [0, 0.1) is 6.92 Å². The minimum Gasteiger partial charge on any atom is -0.497 e. The smallest absolute Gasteiger partial charge is 0.419 e. The van der Waals surface area contributed by atoms with Gasteiger partial charge in [0.05, 0.1) is 23.2 Å². The van der Waals surface area contributed by atoms with E-state index in [9.17, 15) is 13.2 Å². The van der Waals surface area contributed by atoms with Gasteiger partial charge in [-0.1, -0.05) is 0 Å². The zero-order chi connectivity index (χ0) is 18.2. The molecule has 1 aromatic heterocycles. The maximum atomic E-state index is 12.6. The Morgan fingerprint density at radius 2 is 1.96 bits per heavy atom. The minimum atomic E-state index is -3.82. The van der Waals surface area contributed by atoms with Crippen LogP contribution in [-0.2, 0) is 16.6 Å². The van der Waals surface area contributed by atoms with Crippen molar-refractivity contribution in [3.8, 4) is 5.75 Å². The normalized spacial score (nSPS) is 11.6. The summed E-state index contributed by atoms with van der Waals surface area (Å²) >= 11 is 0. The van der Waals surface area contributed by atoms with E-state index < -0.39 is 15.8 Å². The molecule has 0 spiro atoms. The van der Waals surface area contributed by atoms with Crippen molar-refractivity contribution in [1.82, 2.24) is 4.57 Å². The van der Waals surface area contributed by atoms with Gasteiger partial charge in [-0.2, -0.15) is 0 Å². The summed E-state index contributed by atoms with van der Waals surface area (Å²) < 4.78 is 39.5. The third-order valence-corrected chi connectivity index (χ3v) is 5.31. The number of oxazole rings is 1. The van der Waals surface area contributed by atoms with Gasteiger partial charge < -0.3 is 9.15 Å². The molecule has 0 radical (unpaired) electrons. The highest BCUT2D eigenvalue weighted by Gasteiger charge is 2.18. The molecule has 0 aliphatic rings. The number of benzene rings is 2. The Labute approximate surface area is 144 Å². The molecule has 3 aromatic rings. The molecule has 0 unspecified atom stereocenters. The van der Waals surface area contributed by atoms with Gasteiger partial charge in [-0.05, 0) is 49.7 Å². The molecule has 3 rings (SSSR count). The molecule has 25 heavy (non-hydrogen) atoms. The first-order valence-corrected chi connectivity index (χ1v) is 9.15. The zero-order valence-electron chi connectivity index (χ0n) is 14.1. The van der Waals surface area contributed by atoms with Crippen molar-refractivity contribution in [3.05, 3.63) is 52.5 Å². The highest BCUT2D eigenvalue weighted by atomic mass is 32.2. The summed E-state index contributed by atoms with van der Waals surface area (Å²) in [7, 11) is -2.27. The average Bonchev–Trinajstić information content (AvgIpc) is 2.90. The van der Waals surface area contributed by atoms with Crippen LogP contribution in [0.5, 0.6) is 5.75 Å². The van der Waals surface area contributed by atoms with E-state index >= 15 is 0 Å². The topological polar surface area (TPSA) is 90.5 Å². The fourth-order valence-electron chi connectivity index (χ4n) is 2.59. The predicted molar refractivity (Wildman–Crippen MR) is 94.7 cm³/mol. The van der Waals surface area contributed by atoms with Crippen LogP contribution in [0.3, 0.4) is 0 Å². The van der Waals surface area contributed by atoms with E-state index in [1.807, 2.05) is 6.92 Å². The molecule has 0 aliphatic carbocycles. The molecule has 2 aromatic carbocycles. The van der Waals surface area contributed by atoms with Crippen LogP contribution >= 0.6 is 0 Å². The number of nitrogens with one attached hydrogen (secondary N) is 1. The van der Waals surface area contributed by atoms with Crippen molar-refractivity contribution >= 4 is 26.8 Å². The Hall–Kier alpha value is -2.74. The summed E-state index contributed by atoms with van der Waals surface area (Å²) in [4.78, 5) is 11.8. The molecule has 0 fully saturated rings. The highest BCUT2D eigenvalue weighted by molar-refractivity contribution is 7.92. The van der Waals surface area contributed by atoms with Gasteiger partial charge >= 0.3 is 5.76 Å². The number of rotatable bonds is 5. The van der Waals surface area contributed by atoms with Crippen molar-refractivity contribution in [3.63, 3.8) is 0 Å². The average molecular weight is 362 g/mol. The maximum absolute atomic E-state index is 12.6. The SMILES string of the molecule is CCn1c(=O)oc2cc(S(=O)(=O)Nc3ccc(OC)cc3C)ccc21. The van der Waals surface area contributed by atoms with Crippen molar-refractivity contribution in [1.29, 1.82) is 0 Å². The second-order valence-corrected chi connectivity index (χ2v) is 7.21. The Balaban J connectivity index is 2.00. The molecule has 0 saturated carbocycles. The molecular weight excluding hydrogens is 344 g/mol. The van der Waals surface area contributed by atoms with E-state index in [1.165, 1.54) is 16.7 Å². The summed E-state index contributed by atoms with van der Waals surface area (Å²) in [6, 6.07) is 9.42. The minimum absolute atomic E-state index is 0.0206. The molecule has 0 aliphatic heterocycles. The van der Waals surface area contributed by atoms with Crippen LogP contribution in [-0.4, -0.2) is 20.1 Å². The van der Waals surface area contributed by atoms with Crippen LogP contribution in [0.4, 0.5) is 5.69 Å². The van der Waals surface area contributed by atoms with Crippen LogP contribution in [0.2, 0.25) is 0 Å². The monoisotopic (exact) mass is 362 g/mol. The summed E-state index contributed by atoms with van der Waals surface area (Å²) in [5, 5.41) is 0. The van der Waals surface area contributed by atoms with E-state index in [0.29, 0.717) is 23.5 Å². The number of methoxy groups -OCH3 is 1. The van der Waals surface area contributed by atoms with E-state index in [2.05, 4.69) is 4.72 Å². The van der Waals surface area contributed by atoms with Crippen LogP contribution in [0.15, 0.2) is 50.5 Å². The van der Waals surface area contributed by atoms with Crippen LogP contribution in [0.1, 0.15) is 12.5 Å². The van der Waals surface area contributed by atoms with E-state index in [-0.39, 0.29) is 10.5 Å². The molecule has 7 nitrogen and oxygen atoms in total. The lowest BCUT2D eigenvalue weighted by atomic mass is 10.2. The number of ether oxygens (including phenoxy) is 1. The summed E-state index contributed by atoms with van der Waals surface area (Å²) in [6.45, 7) is 4.04. The first kappa shape index (κ1) is 17.1. The number of anilines is 1. The van der Waals surface area contributed by atoms with Gasteiger partial charge in [0.1, 0.15) is 5.75 Å². The first-order valence-electron chi connectivity index (χ1n) is 7.66. The second-order valence-electron chi connectivity index (χ2n) is 5.53. The Kier molecular flexibility index (Phi) is 4.30. The summed E-state index contributed by atoms with van der Waals surface area (Å²) in [5.41, 5.74) is 1.98. The fraction of sp³-hybridized carbons (Fsp3) is 0.235. The molecule has 1 heterocycles. The number of nitrogens with zero attached hydrogens (tertiary/aromatic N) is 1. The predicted octanol–water partition coefficient (Wildman–Crippen LogP) is 2.73. The van der Waals surface area contributed by atoms with Gasteiger partial charge in [0.2, 0.25) is 0 Å². The number of hydrogen-bond acceptors (Lipinski definition) is 5. The van der Waals surface area contributed by atoms with E-state index in [4.69, 9.17) is 9.15 Å². The molecule has 132 valence electrons. The lowest BCUT2D eigenvalue weighted by Gasteiger charge is -2.11. The quantitative estimate of drug-likeness (QED) is 0.754. The van der Waals surface area contributed by atoms with Gasteiger partial charge in [0.15, 0.2) is 5.58 Å². The molecule has 0 amide bonds. The van der Waals surface area contributed by atoms with Gasteiger partial charge in [-0.3, -0.25) is 9.29 Å². The highest BCUT2D eigenvalue weighted by Crippen LogP contribution is 2.25. The lowest BCUT2D eigenvalue weighted by Crippen LogP contribution is -2.14. The third-order valence-electron chi connectivity index (χ3n) is 3.94. The lowest BCUT2D eigenvalue weighted by molar-refractivity contribution is 0.414. The molecule has 0 saturated heterocycles. The number of hydrogen-bond donors (Lipinski definition) is 1. The van der Waals surface area contributed by atoms with Crippen molar-refractivity contribution in [2.24, 2.45) is 0 Å². The van der Waals surface area contributed by atoms with Crippen LogP contribution < -0.4 is 15.2 Å². The van der Waals surface area contributed by atoms with Gasteiger partial charge in [-0.25, -0.2) is 13.2 Å². The Bertz CT molecular complexity index is 1100. The summed E-state index contributed by atoms with van der Waals surface area (Å²) in [5.74, 6) is 0.135. The van der Waals surface area contributed by atoms with Crippen molar-refractivity contribution in [2.75, 3.05) is 11.8 Å². The number of aryl methyl sites for hydroxylation is 2. The van der Waals surface area contributed by atoms with Gasteiger partial charge in [0.25, 0.3) is 10.0 Å². The zero-order valence-corrected chi connectivity index (χ0v) is 14.9. The molecule has 8 heteroatoms. The standard InChI is InChI=1S/C17H18N2O5S/c1-4-19-15-8-6-13(10-16(15)24-17(19)20)25(21,22)18-14-7-5-12(23-3)9-11(14)2/h5-10,18H,4H2,1-3H3. The first-order chi connectivity index (χ1) is 11.9. The number of sulfonamides is 1. The number of fused-ring (bicyclic) bond motifs is 1. The molecular formula is C17H18N2O5S. The van der Waals surface area contributed by atoms with Gasteiger partial charge in [0, 0.05) is 12.6 Å². The van der Waals surface area contributed by atoms with Crippen molar-refractivity contribution < 1.29 is 17.6 Å². The Morgan fingerprint density at radius 1 is 1.20 bits per heavy atom. The number of aromatic nitrogens is 1. The van der Waals surface area contributed by atoms with Crippen LogP contribution in [0.25, 0.3) is 11.1 Å². The fourth-order valence-corrected chi connectivity index (χ4v) is 3.74. The second kappa shape index (κ2) is 6.29. The largest absolute Gasteiger partial charge is 0.497 e. The molecule has 1 N–H and O–H groups in total.